The molecule has 0 aliphatic heterocycles. The highest BCUT2D eigenvalue weighted by molar-refractivity contribution is 5.56. The summed E-state index contributed by atoms with van der Waals surface area (Å²) in [4.78, 5) is 0. The standard InChI is InChI=1S/C15H25NO/c1-4-6-8-12-13(9-7-5-2)15(17-3)11-10-14(12)16/h10-11H,4-9,16H2,1-3H3. The van der Waals surface area contributed by atoms with Crippen LogP contribution in [0.2, 0.25) is 0 Å². The SMILES string of the molecule is CCCCc1c(N)ccc(OC)c1CCCC. The first kappa shape index (κ1) is 13.9. The van der Waals surface area contributed by atoms with Crippen LogP contribution < -0.4 is 10.5 Å². The number of anilines is 1. The van der Waals surface area contributed by atoms with E-state index in [1.54, 1.807) is 7.11 Å². The van der Waals surface area contributed by atoms with Gasteiger partial charge in [-0.15, -0.1) is 0 Å². The lowest BCUT2D eigenvalue weighted by Crippen LogP contribution is -2.03. The van der Waals surface area contributed by atoms with Crippen molar-refractivity contribution in [3.05, 3.63) is 23.3 Å². The first-order valence-electron chi connectivity index (χ1n) is 6.68. The third-order valence-corrected chi connectivity index (χ3v) is 3.21. The summed E-state index contributed by atoms with van der Waals surface area (Å²) in [5.74, 6) is 0.999. The Hall–Kier alpha value is -1.18. The van der Waals surface area contributed by atoms with Crippen LogP contribution in [0.15, 0.2) is 12.1 Å². The van der Waals surface area contributed by atoms with Crippen molar-refractivity contribution in [3.8, 4) is 5.75 Å². The van der Waals surface area contributed by atoms with Crippen LogP contribution in [0.3, 0.4) is 0 Å². The third kappa shape index (κ3) is 3.65. The predicted octanol–water partition coefficient (Wildman–Crippen LogP) is 3.96. The first-order chi connectivity index (χ1) is 8.24. The Labute approximate surface area is 105 Å². The molecule has 0 spiro atoms. The van der Waals surface area contributed by atoms with Crippen LogP contribution in [0, 0.1) is 0 Å². The third-order valence-electron chi connectivity index (χ3n) is 3.21. The lowest BCUT2D eigenvalue weighted by atomic mass is 9.95. The normalized spacial score (nSPS) is 10.5. The van der Waals surface area contributed by atoms with Crippen molar-refractivity contribution >= 4 is 5.69 Å². The van der Waals surface area contributed by atoms with Gasteiger partial charge in [0, 0.05) is 5.69 Å². The van der Waals surface area contributed by atoms with Crippen molar-refractivity contribution in [2.24, 2.45) is 0 Å². The lowest BCUT2D eigenvalue weighted by molar-refractivity contribution is 0.408. The summed E-state index contributed by atoms with van der Waals surface area (Å²) in [5, 5.41) is 0. The van der Waals surface area contributed by atoms with Gasteiger partial charge in [-0.25, -0.2) is 0 Å². The fourth-order valence-corrected chi connectivity index (χ4v) is 2.16. The van der Waals surface area contributed by atoms with Gasteiger partial charge in [-0.05, 0) is 48.9 Å². The average molecular weight is 235 g/mol. The Bertz CT molecular complexity index is 347. The molecule has 2 heteroatoms. The second-order valence-electron chi connectivity index (χ2n) is 4.52. The molecule has 0 saturated heterocycles. The Morgan fingerprint density at radius 3 is 2.12 bits per heavy atom. The fraction of sp³-hybridized carbons (Fsp3) is 0.600. The van der Waals surface area contributed by atoms with Gasteiger partial charge in [-0.3, -0.25) is 0 Å². The van der Waals surface area contributed by atoms with Crippen molar-refractivity contribution in [1.82, 2.24) is 0 Å². The number of ether oxygens (including phenoxy) is 1. The molecule has 0 atom stereocenters. The van der Waals surface area contributed by atoms with E-state index < -0.39 is 0 Å². The van der Waals surface area contributed by atoms with Crippen LogP contribution in [-0.2, 0) is 12.8 Å². The van der Waals surface area contributed by atoms with Gasteiger partial charge in [-0.2, -0.15) is 0 Å². The lowest BCUT2D eigenvalue weighted by Gasteiger charge is -2.16. The van der Waals surface area contributed by atoms with E-state index in [1.807, 2.05) is 12.1 Å². The molecule has 0 fully saturated rings. The fourth-order valence-electron chi connectivity index (χ4n) is 2.16. The molecule has 0 aromatic heterocycles. The van der Waals surface area contributed by atoms with Gasteiger partial charge in [0.1, 0.15) is 5.75 Å². The van der Waals surface area contributed by atoms with Gasteiger partial charge in [0.2, 0.25) is 0 Å². The maximum Gasteiger partial charge on any atom is 0.122 e. The van der Waals surface area contributed by atoms with E-state index in [4.69, 9.17) is 10.5 Å². The molecule has 1 aromatic carbocycles. The Kier molecular flexibility index (Phi) is 5.88. The van der Waals surface area contributed by atoms with Crippen molar-refractivity contribution in [2.75, 3.05) is 12.8 Å². The molecular formula is C15H25NO. The summed E-state index contributed by atoms with van der Waals surface area (Å²) >= 11 is 0. The van der Waals surface area contributed by atoms with Crippen molar-refractivity contribution in [3.63, 3.8) is 0 Å². The zero-order valence-electron chi connectivity index (χ0n) is 11.4. The van der Waals surface area contributed by atoms with E-state index in [9.17, 15) is 0 Å². The van der Waals surface area contributed by atoms with E-state index in [-0.39, 0.29) is 0 Å². The van der Waals surface area contributed by atoms with Crippen molar-refractivity contribution in [2.45, 2.75) is 52.4 Å². The number of benzene rings is 1. The summed E-state index contributed by atoms with van der Waals surface area (Å²) in [6, 6.07) is 3.97. The molecule has 0 saturated carbocycles. The molecule has 1 aromatic rings. The summed E-state index contributed by atoms with van der Waals surface area (Å²) in [5.41, 5.74) is 9.65. The largest absolute Gasteiger partial charge is 0.496 e. The van der Waals surface area contributed by atoms with E-state index in [2.05, 4.69) is 13.8 Å². The van der Waals surface area contributed by atoms with Crippen LogP contribution >= 0.6 is 0 Å². The van der Waals surface area contributed by atoms with Crippen LogP contribution in [0.1, 0.15) is 50.7 Å². The minimum absolute atomic E-state index is 0.922. The van der Waals surface area contributed by atoms with Gasteiger partial charge in [0.15, 0.2) is 0 Å². The Morgan fingerprint density at radius 1 is 1.00 bits per heavy atom. The van der Waals surface area contributed by atoms with E-state index in [0.717, 1.165) is 24.3 Å². The monoisotopic (exact) mass is 235 g/mol. The summed E-state index contributed by atoms with van der Waals surface area (Å²) < 4.78 is 5.46. The number of hydrogen-bond acceptors (Lipinski definition) is 2. The Morgan fingerprint density at radius 2 is 1.59 bits per heavy atom. The van der Waals surface area contributed by atoms with Crippen molar-refractivity contribution < 1.29 is 4.74 Å². The summed E-state index contributed by atoms with van der Waals surface area (Å²) in [7, 11) is 1.74. The molecular weight excluding hydrogens is 210 g/mol. The smallest absolute Gasteiger partial charge is 0.122 e. The molecule has 2 nitrogen and oxygen atoms in total. The molecule has 96 valence electrons. The van der Waals surface area contributed by atoms with Crippen LogP contribution in [0.5, 0.6) is 5.75 Å². The summed E-state index contributed by atoms with van der Waals surface area (Å²) in [6.07, 6.45) is 6.92. The van der Waals surface area contributed by atoms with E-state index in [1.165, 1.54) is 36.8 Å². The van der Waals surface area contributed by atoms with E-state index >= 15 is 0 Å². The number of rotatable bonds is 7. The maximum atomic E-state index is 6.10. The quantitative estimate of drug-likeness (QED) is 0.726. The van der Waals surface area contributed by atoms with E-state index in [0.29, 0.717) is 0 Å². The van der Waals surface area contributed by atoms with Gasteiger partial charge in [0.25, 0.3) is 0 Å². The highest BCUT2D eigenvalue weighted by Crippen LogP contribution is 2.30. The summed E-state index contributed by atoms with van der Waals surface area (Å²) in [6.45, 7) is 4.42. The van der Waals surface area contributed by atoms with Gasteiger partial charge >= 0.3 is 0 Å². The van der Waals surface area contributed by atoms with Gasteiger partial charge < -0.3 is 10.5 Å². The molecule has 0 aliphatic carbocycles. The first-order valence-corrected chi connectivity index (χ1v) is 6.68. The molecule has 17 heavy (non-hydrogen) atoms. The van der Waals surface area contributed by atoms with Crippen LogP contribution in [0.4, 0.5) is 5.69 Å². The molecule has 0 unspecified atom stereocenters. The average Bonchev–Trinajstić information content (AvgIpc) is 2.35. The second-order valence-corrected chi connectivity index (χ2v) is 4.52. The van der Waals surface area contributed by atoms with Crippen LogP contribution in [0.25, 0.3) is 0 Å². The molecule has 2 N–H and O–H groups in total. The molecule has 0 bridgehead atoms. The molecule has 0 amide bonds. The van der Waals surface area contributed by atoms with Gasteiger partial charge in [0.05, 0.1) is 7.11 Å². The second kappa shape index (κ2) is 7.21. The zero-order valence-corrected chi connectivity index (χ0v) is 11.4. The number of methoxy groups -OCH3 is 1. The van der Waals surface area contributed by atoms with Crippen molar-refractivity contribution in [1.29, 1.82) is 0 Å². The molecule has 0 aliphatic rings. The highest BCUT2D eigenvalue weighted by atomic mass is 16.5. The number of hydrogen-bond donors (Lipinski definition) is 1. The number of unbranched alkanes of at least 4 members (excludes halogenated alkanes) is 2. The minimum Gasteiger partial charge on any atom is -0.496 e. The molecule has 1 rings (SSSR count). The van der Waals surface area contributed by atoms with Crippen LogP contribution in [-0.4, -0.2) is 7.11 Å². The predicted molar refractivity (Wildman–Crippen MR) is 74.6 cm³/mol. The van der Waals surface area contributed by atoms with Gasteiger partial charge in [-0.1, -0.05) is 26.7 Å². The number of nitrogen functional groups attached to an aromatic ring is 1. The maximum absolute atomic E-state index is 6.10. The Balaban J connectivity index is 3.02. The zero-order chi connectivity index (χ0) is 12.7. The number of nitrogens with two attached hydrogens (primary N) is 1. The minimum atomic E-state index is 0.922. The topological polar surface area (TPSA) is 35.2 Å². The highest BCUT2D eigenvalue weighted by Gasteiger charge is 2.11. The molecule has 0 radical (unpaired) electrons. The molecule has 0 heterocycles.